The Labute approximate surface area is 87.0 Å². The van der Waals surface area contributed by atoms with Crippen LogP contribution in [0, 0.1) is 6.92 Å². The molecule has 0 aliphatic carbocycles. The summed E-state index contributed by atoms with van der Waals surface area (Å²) in [5, 5.41) is 0. The minimum Gasteiger partial charge on any atom is -0.457 e. The highest BCUT2D eigenvalue weighted by Gasteiger charge is 2.10. The Morgan fingerprint density at radius 3 is 2.67 bits per heavy atom. The summed E-state index contributed by atoms with van der Waals surface area (Å²) in [6.45, 7) is 3.53. The second kappa shape index (κ2) is 5.38. The molecule has 1 aromatic heterocycles. The van der Waals surface area contributed by atoms with Crippen LogP contribution >= 0.6 is 0 Å². The number of carbonyl (C=O) groups excluding carboxylic acids is 1. The lowest BCUT2D eigenvalue weighted by Gasteiger charge is -2.01. The van der Waals surface area contributed by atoms with Gasteiger partial charge in [-0.15, -0.1) is 0 Å². The van der Waals surface area contributed by atoms with Gasteiger partial charge in [0.15, 0.2) is 18.1 Å². The van der Waals surface area contributed by atoms with Gasteiger partial charge in [-0.3, -0.25) is 4.79 Å². The summed E-state index contributed by atoms with van der Waals surface area (Å²) < 4.78 is 14.2. The fourth-order valence-corrected chi connectivity index (χ4v) is 1.05. The summed E-state index contributed by atoms with van der Waals surface area (Å²) in [5.41, 5.74) is 0. The molecule has 0 N–H and O–H groups in total. The Kier molecular flexibility index (Phi) is 4.15. The van der Waals surface area contributed by atoms with E-state index in [1.54, 1.807) is 6.92 Å². The van der Waals surface area contributed by atoms with Crippen LogP contribution in [-0.4, -0.2) is 5.97 Å². The van der Waals surface area contributed by atoms with Crippen molar-refractivity contribution in [3.05, 3.63) is 22.1 Å². The van der Waals surface area contributed by atoms with E-state index >= 15 is 0 Å². The molecule has 0 fully saturated rings. The first-order chi connectivity index (χ1) is 7.13. The number of carbonyl (C=O) groups is 1. The summed E-state index contributed by atoms with van der Waals surface area (Å²) in [6.07, 6.45) is 2.12. The number of hydrogen-bond donors (Lipinski definition) is 0. The summed E-state index contributed by atoms with van der Waals surface area (Å²) in [4.78, 5) is 21.8. The highest BCUT2D eigenvalue weighted by Crippen LogP contribution is 2.07. The Balaban J connectivity index is 2.40. The molecule has 0 aromatic carbocycles. The molecular weight excluding hydrogens is 200 g/mol. The highest BCUT2D eigenvalue weighted by molar-refractivity contribution is 5.69. The molecule has 5 heteroatoms. The van der Waals surface area contributed by atoms with Crippen molar-refractivity contribution in [3.63, 3.8) is 0 Å². The molecule has 1 heterocycles. The lowest BCUT2D eigenvalue weighted by Crippen LogP contribution is -2.04. The summed E-state index contributed by atoms with van der Waals surface area (Å²) in [7, 11) is 0. The van der Waals surface area contributed by atoms with Crippen LogP contribution < -0.4 is 5.82 Å². The van der Waals surface area contributed by atoms with Crippen molar-refractivity contribution in [2.75, 3.05) is 0 Å². The SMILES string of the molecule is CCCCC(=O)OCc1oc(=O)oc1C. The Morgan fingerprint density at radius 2 is 2.13 bits per heavy atom. The van der Waals surface area contributed by atoms with Gasteiger partial charge in [0.05, 0.1) is 0 Å². The molecule has 1 aromatic rings. The highest BCUT2D eigenvalue weighted by atomic mass is 16.6. The van der Waals surface area contributed by atoms with Crippen LogP contribution in [0.2, 0.25) is 0 Å². The fraction of sp³-hybridized carbons (Fsp3) is 0.600. The van der Waals surface area contributed by atoms with Crippen LogP contribution in [0.5, 0.6) is 0 Å². The van der Waals surface area contributed by atoms with E-state index in [4.69, 9.17) is 4.74 Å². The zero-order valence-corrected chi connectivity index (χ0v) is 8.87. The number of unbranched alkanes of at least 4 members (excludes halogenated alkanes) is 1. The quantitative estimate of drug-likeness (QED) is 0.698. The molecule has 0 aliphatic heterocycles. The second-order valence-corrected chi connectivity index (χ2v) is 3.20. The lowest BCUT2D eigenvalue weighted by molar-refractivity contribution is -0.145. The first-order valence-corrected chi connectivity index (χ1v) is 4.88. The molecular formula is C10H14O5. The zero-order valence-electron chi connectivity index (χ0n) is 8.87. The van der Waals surface area contributed by atoms with Crippen molar-refractivity contribution in [3.8, 4) is 0 Å². The average molecular weight is 214 g/mol. The van der Waals surface area contributed by atoms with Crippen LogP contribution in [0.1, 0.15) is 37.7 Å². The van der Waals surface area contributed by atoms with E-state index in [9.17, 15) is 9.59 Å². The van der Waals surface area contributed by atoms with Gasteiger partial charge in [0.25, 0.3) is 0 Å². The molecule has 0 radical (unpaired) electrons. The molecule has 0 atom stereocenters. The van der Waals surface area contributed by atoms with Gasteiger partial charge in [0.2, 0.25) is 0 Å². The van der Waals surface area contributed by atoms with E-state index in [-0.39, 0.29) is 18.3 Å². The zero-order chi connectivity index (χ0) is 11.3. The van der Waals surface area contributed by atoms with E-state index in [1.165, 1.54) is 0 Å². The van der Waals surface area contributed by atoms with Gasteiger partial charge in [-0.25, -0.2) is 4.79 Å². The molecule has 0 bridgehead atoms. The minimum absolute atomic E-state index is 0.0415. The standard InChI is InChI=1S/C10H14O5/c1-3-4-5-9(11)13-6-8-7(2)14-10(12)15-8/h3-6H2,1-2H3. The third-order valence-electron chi connectivity index (χ3n) is 1.93. The molecule has 1 rings (SSSR count). The fourth-order valence-electron chi connectivity index (χ4n) is 1.05. The van der Waals surface area contributed by atoms with Gasteiger partial charge in [-0.05, 0) is 13.3 Å². The molecule has 0 aliphatic rings. The van der Waals surface area contributed by atoms with Crippen LogP contribution in [0.4, 0.5) is 0 Å². The van der Waals surface area contributed by atoms with Crippen molar-refractivity contribution in [1.82, 2.24) is 0 Å². The monoisotopic (exact) mass is 214 g/mol. The van der Waals surface area contributed by atoms with Crippen LogP contribution in [0.3, 0.4) is 0 Å². The smallest absolute Gasteiger partial charge is 0.457 e. The van der Waals surface area contributed by atoms with Crippen molar-refractivity contribution < 1.29 is 18.4 Å². The lowest BCUT2D eigenvalue weighted by atomic mass is 10.2. The maximum absolute atomic E-state index is 11.1. The predicted octanol–water partition coefficient (Wildman–Crippen LogP) is 1.77. The maximum atomic E-state index is 11.1. The topological polar surface area (TPSA) is 69.7 Å². The normalized spacial score (nSPS) is 10.3. The largest absolute Gasteiger partial charge is 0.519 e. The summed E-state index contributed by atoms with van der Waals surface area (Å²) in [6, 6.07) is 0. The van der Waals surface area contributed by atoms with Gasteiger partial charge >= 0.3 is 11.8 Å². The molecule has 0 unspecified atom stereocenters. The van der Waals surface area contributed by atoms with Crippen LogP contribution in [-0.2, 0) is 16.1 Å². The first kappa shape index (κ1) is 11.6. The summed E-state index contributed by atoms with van der Waals surface area (Å²) >= 11 is 0. The first-order valence-electron chi connectivity index (χ1n) is 4.88. The van der Waals surface area contributed by atoms with Gasteiger partial charge < -0.3 is 13.6 Å². The van der Waals surface area contributed by atoms with E-state index < -0.39 is 5.82 Å². The average Bonchev–Trinajstić information content (AvgIpc) is 2.51. The van der Waals surface area contributed by atoms with Gasteiger partial charge in [0, 0.05) is 6.42 Å². The Hall–Kier alpha value is -1.52. The molecule has 5 nitrogen and oxygen atoms in total. The van der Waals surface area contributed by atoms with E-state index in [0.29, 0.717) is 12.2 Å². The molecule has 15 heavy (non-hydrogen) atoms. The molecule has 0 spiro atoms. The molecule has 84 valence electrons. The maximum Gasteiger partial charge on any atom is 0.519 e. The van der Waals surface area contributed by atoms with E-state index in [1.807, 2.05) is 6.92 Å². The van der Waals surface area contributed by atoms with Crippen molar-refractivity contribution in [2.24, 2.45) is 0 Å². The second-order valence-electron chi connectivity index (χ2n) is 3.20. The van der Waals surface area contributed by atoms with Crippen LogP contribution in [0.25, 0.3) is 0 Å². The minimum atomic E-state index is -0.771. The van der Waals surface area contributed by atoms with Gasteiger partial charge in [-0.1, -0.05) is 13.3 Å². The van der Waals surface area contributed by atoms with Crippen LogP contribution in [0.15, 0.2) is 13.6 Å². The van der Waals surface area contributed by atoms with Gasteiger partial charge in [0.1, 0.15) is 0 Å². The third-order valence-corrected chi connectivity index (χ3v) is 1.93. The third kappa shape index (κ3) is 3.61. The predicted molar refractivity (Wildman–Crippen MR) is 51.3 cm³/mol. The number of esters is 1. The number of ether oxygens (including phenoxy) is 1. The molecule has 0 amide bonds. The number of aryl methyl sites for hydroxylation is 1. The molecule has 0 saturated heterocycles. The van der Waals surface area contributed by atoms with Crippen molar-refractivity contribution in [1.29, 1.82) is 0 Å². The van der Waals surface area contributed by atoms with E-state index in [2.05, 4.69) is 8.83 Å². The van der Waals surface area contributed by atoms with Crippen molar-refractivity contribution >= 4 is 5.97 Å². The van der Waals surface area contributed by atoms with Crippen molar-refractivity contribution in [2.45, 2.75) is 39.7 Å². The van der Waals surface area contributed by atoms with Gasteiger partial charge in [-0.2, -0.15) is 0 Å². The number of rotatable bonds is 5. The summed E-state index contributed by atoms with van der Waals surface area (Å²) in [5.74, 6) is -0.444. The number of hydrogen-bond acceptors (Lipinski definition) is 5. The Morgan fingerprint density at radius 1 is 1.40 bits per heavy atom. The Bertz CT molecular complexity index is 373. The van der Waals surface area contributed by atoms with E-state index in [0.717, 1.165) is 12.8 Å². The molecule has 0 saturated carbocycles.